The number of hydrogen-bond donors (Lipinski definition) is 2. The summed E-state index contributed by atoms with van der Waals surface area (Å²) in [5.74, 6) is -0.604. The Hall–Kier alpha value is -2.54. The van der Waals surface area contributed by atoms with Crippen molar-refractivity contribution in [2.75, 3.05) is 18.6 Å². The summed E-state index contributed by atoms with van der Waals surface area (Å²) in [5.41, 5.74) is 7.16. The van der Waals surface area contributed by atoms with Gasteiger partial charge in [0.15, 0.2) is 5.75 Å². The minimum atomic E-state index is -1.20. The standard InChI is InChI=1S/C19H23N3O4/c1-26-18-14(21-9-3-2-4-15(21)20)8-7-12-16(18)22(11-5-6-11)10-13(17(12)23)19(24)25/h7-8,10-11,15H,2-6,9,20H2,1H3,(H,24,25). The number of carboxylic acid groups (broad SMARTS) is 1. The lowest BCUT2D eigenvalue weighted by molar-refractivity contribution is 0.0695. The Morgan fingerprint density at radius 1 is 1.27 bits per heavy atom. The van der Waals surface area contributed by atoms with Crippen LogP contribution in [0, 0.1) is 0 Å². The molecule has 26 heavy (non-hydrogen) atoms. The highest BCUT2D eigenvalue weighted by Gasteiger charge is 2.30. The number of anilines is 1. The van der Waals surface area contributed by atoms with Crippen LogP contribution < -0.4 is 20.8 Å². The van der Waals surface area contributed by atoms with E-state index in [2.05, 4.69) is 4.90 Å². The van der Waals surface area contributed by atoms with Gasteiger partial charge < -0.3 is 25.0 Å². The molecule has 0 spiro atoms. The van der Waals surface area contributed by atoms with Crippen LogP contribution in [0.4, 0.5) is 5.69 Å². The maximum atomic E-state index is 12.7. The van der Waals surface area contributed by atoms with E-state index in [0.29, 0.717) is 16.7 Å². The number of rotatable bonds is 4. The van der Waals surface area contributed by atoms with Crippen molar-refractivity contribution in [3.05, 3.63) is 34.1 Å². The second-order valence-electron chi connectivity index (χ2n) is 7.09. The number of aromatic nitrogens is 1. The van der Waals surface area contributed by atoms with Crippen molar-refractivity contribution >= 4 is 22.6 Å². The largest absolute Gasteiger partial charge is 0.492 e. The number of benzene rings is 1. The summed E-state index contributed by atoms with van der Waals surface area (Å²) in [7, 11) is 1.58. The van der Waals surface area contributed by atoms with Crippen molar-refractivity contribution in [1.29, 1.82) is 0 Å². The Labute approximate surface area is 151 Å². The Morgan fingerprint density at radius 3 is 2.65 bits per heavy atom. The highest BCUT2D eigenvalue weighted by atomic mass is 16.5. The zero-order valence-corrected chi connectivity index (χ0v) is 14.8. The first-order chi connectivity index (χ1) is 12.5. The fourth-order valence-corrected chi connectivity index (χ4v) is 3.88. The lowest BCUT2D eigenvalue weighted by Crippen LogP contribution is -2.45. The number of methoxy groups -OCH3 is 1. The first kappa shape index (κ1) is 16.9. The molecular formula is C19H23N3O4. The van der Waals surface area contributed by atoms with Crippen molar-refractivity contribution in [2.24, 2.45) is 5.73 Å². The average Bonchev–Trinajstić information content (AvgIpc) is 3.46. The van der Waals surface area contributed by atoms with E-state index >= 15 is 0 Å². The van der Waals surface area contributed by atoms with Gasteiger partial charge in [-0.3, -0.25) is 4.79 Å². The summed E-state index contributed by atoms with van der Waals surface area (Å²) in [6, 6.07) is 3.74. The molecule has 1 aromatic heterocycles. The van der Waals surface area contributed by atoms with Gasteiger partial charge in [0.2, 0.25) is 5.43 Å². The summed E-state index contributed by atoms with van der Waals surface area (Å²) >= 11 is 0. The van der Waals surface area contributed by atoms with Crippen LogP contribution in [-0.2, 0) is 0 Å². The third-order valence-corrected chi connectivity index (χ3v) is 5.36. The molecule has 7 heteroatoms. The molecule has 2 fully saturated rings. The van der Waals surface area contributed by atoms with Crippen LogP contribution >= 0.6 is 0 Å². The van der Waals surface area contributed by atoms with E-state index in [0.717, 1.165) is 44.3 Å². The lowest BCUT2D eigenvalue weighted by Gasteiger charge is -2.36. The molecule has 7 nitrogen and oxygen atoms in total. The molecule has 1 saturated heterocycles. The fraction of sp³-hybridized carbons (Fsp3) is 0.474. The molecule has 0 radical (unpaired) electrons. The normalized spacial score (nSPS) is 20.4. The number of ether oxygens (including phenoxy) is 1. The van der Waals surface area contributed by atoms with Crippen molar-refractivity contribution in [3.8, 4) is 5.75 Å². The molecule has 138 valence electrons. The number of hydrogen-bond acceptors (Lipinski definition) is 5. The third-order valence-electron chi connectivity index (χ3n) is 5.36. The van der Waals surface area contributed by atoms with Crippen LogP contribution in [0.2, 0.25) is 0 Å². The van der Waals surface area contributed by atoms with Crippen LogP contribution in [0.15, 0.2) is 23.1 Å². The van der Waals surface area contributed by atoms with Gasteiger partial charge in [-0.25, -0.2) is 4.79 Å². The molecule has 3 N–H and O–H groups in total. The van der Waals surface area contributed by atoms with Crippen LogP contribution in [0.1, 0.15) is 48.5 Å². The van der Waals surface area contributed by atoms with E-state index in [-0.39, 0.29) is 17.8 Å². The molecule has 2 aromatic rings. The fourth-order valence-electron chi connectivity index (χ4n) is 3.88. The SMILES string of the molecule is COc1c(N2CCCCC2N)ccc2c(=O)c(C(=O)O)cn(C3CC3)c12. The van der Waals surface area contributed by atoms with Gasteiger partial charge in [-0.05, 0) is 44.2 Å². The summed E-state index contributed by atoms with van der Waals surface area (Å²) in [6.45, 7) is 0.837. The Bertz CT molecular complexity index is 933. The molecule has 0 amide bonds. The highest BCUT2D eigenvalue weighted by molar-refractivity contribution is 5.97. The molecule has 1 aliphatic heterocycles. The topological polar surface area (TPSA) is 97.8 Å². The molecule has 2 aliphatic rings. The highest BCUT2D eigenvalue weighted by Crippen LogP contribution is 2.43. The van der Waals surface area contributed by atoms with E-state index in [9.17, 15) is 14.7 Å². The monoisotopic (exact) mass is 357 g/mol. The van der Waals surface area contributed by atoms with Crippen LogP contribution in [0.5, 0.6) is 5.75 Å². The first-order valence-corrected chi connectivity index (χ1v) is 9.04. The Balaban J connectivity index is 2.00. The zero-order valence-electron chi connectivity index (χ0n) is 14.8. The summed E-state index contributed by atoms with van der Waals surface area (Å²) < 4.78 is 7.63. The summed E-state index contributed by atoms with van der Waals surface area (Å²) in [5, 5.41) is 9.78. The van der Waals surface area contributed by atoms with Gasteiger partial charge in [-0.2, -0.15) is 0 Å². The molecule has 1 aromatic carbocycles. The second-order valence-corrected chi connectivity index (χ2v) is 7.09. The molecule has 1 saturated carbocycles. The Morgan fingerprint density at radius 2 is 2.04 bits per heavy atom. The summed E-state index contributed by atoms with van der Waals surface area (Å²) in [4.78, 5) is 26.3. The zero-order chi connectivity index (χ0) is 18.4. The molecule has 1 aliphatic carbocycles. The molecule has 4 rings (SSSR count). The van der Waals surface area contributed by atoms with Crippen molar-refractivity contribution in [1.82, 2.24) is 4.57 Å². The molecular weight excluding hydrogens is 334 g/mol. The number of carbonyl (C=O) groups is 1. The lowest BCUT2D eigenvalue weighted by atomic mass is 10.0. The van der Waals surface area contributed by atoms with Crippen LogP contribution in [-0.4, -0.2) is 35.5 Å². The minimum Gasteiger partial charge on any atom is -0.492 e. The number of nitrogens with zero attached hydrogens (tertiary/aromatic N) is 2. The quantitative estimate of drug-likeness (QED) is 0.871. The van der Waals surface area contributed by atoms with Crippen LogP contribution in [0.3, 0.4) is 0 Å². The second kappa shape index (κ2) is 6.32. The van der Waals surface area contributed by atoms with E-state index in [1.807, 2.05) is 10.6 Å². The van der Waals surface area contributed by atoms with E-state index in [1.54, 1.807) is 13.2 Å². The number of fused-ring (bicyclic) bond motifs is 1. The third kappa shape index (κ3) is 2.63. The first-order valence-electron chi connectivity index (χ1n) is 9.04. The molecule has 2 heterocycles. The minimum absolute atomic E-state index is 0.0884. The van der Waals surface area contributed by atoms with E-state index in [1.165, 1.54) is 6.20 Å². The van der Waals surface area contributed by atoms with Crippen molar-refractivity contribution in [2.45, 2.75) is 44.3 Å². The van der Waals surface area contributed by atoms with Gasteiger partial charge in [0.1, 0.15) is 5.56 Å². The van der Waals surface area contributed by atoms with E-state index in [4.69, 9.17) is 10.5 Å². The van der Waals surface area contributed by atoms with Crippen molar-refractivity contribution in [3.63, 3.8) is 0 Å². The number of carboxylic acids is 1. The van der Waals surface area contributed by atoms with Gasteiger partial charge in [-0.15, -0.1) is 0 Å². The van der Waals surface area contributed by atoms with E-state index < -0.39 is 11.4 Å². The number of aromatic carboxylic acids is 1. The van der Waals surface area contributed by atoms with Gasteiger partial charge in [0, 0.05) is 18.8 Å². The molecule has 0 bridgehead atoms. The smallest absolute Gasteiger partial charge is 0.341 e. The number of piperidine rings is 1. The molecule has 1 unspecified atom stereocenters. The van der Waals surface area contributed by atoms with Crippen LogP contribution in [0.25, 0.3) is 10.9 Å². The number of nitrogens with two attached hydrogens (primary N) is 1. The maximum Gasteiger partial charge on any atom is 0.341 e. The van der Waals surface area contributed by atoms with Gasteiger partial charge >= 0.3 is 5.97 Å². The Kier molecular flexibility index (Phi) is 4.11. The predicted molar refractivity (Wildman–Crippen MR) is 99.2 cm³/mol. The number of pyridine rings is 1. The maximum absolute atomic E-state index is 12.7. The average molecular weight is 357 g/mol. The summed E-state index contributed by atoms with van der Waals surface area (Å²) in [6.07, 6.45) is 6.38. The van der Waals surface area contributed by atoms with Gasteiger partial charge in [0.25, 0.3) is 0 Å². The van der Waals surface area contributed by atoms with Gasteiger partial charge in [0.05, 0.1) is 29.9 Å². The predicted octanol–water partition coefficient (Wildman–Crippen LogP) is 2.32. The van der Waals surface area contributed by atoms with Gasteiger partial charge in [-0.1, -0.05) is 0 Å². The molecule has 1 atom stereocenters. The van der Waals surface area contributed by atoms with Crippen molar-refractivity contribution < 1.29 is 14.6 Å².